The number of hydrogen-bond acceptors (Lipinski definition) is 11. The minimum Gasteiger partial charge on any atom is -0.490 e. The average Bonchev–Trinajstić information content (AvgIpc) is 3.10. The van der Waals surface area contributed by atoms with Gasteiger partial charge in [0.15, 0.2) is 5.75 Å². The summed E-state index contributed by atoms with van der Waals surface area (Å²) in [7, 11) is -7.54. The molecule has 0 bridgehead atoms. The number of nitriles is 1. The lowest BCUT2D eigenvalue weighted by Gasteiger charge is -2.13. The first kappa shape index (κ1) is 24.5. The van der Waals surface area contributed by atoms with Gasteiger partial charge in [0.2, 0.25) is 20.7 Å². The second-order valence-corrected chi connectivity index (χ2v) is 10.5. The predicted octanol–water partition coefficient (Wildman–Crippen LogP) is 1.88. The second kappa shape index (κ2) is 9.60. The summed E-state index contributed by atoms with van der Waals surface area (Å²) >= 11 is 6.74. The lowest BCUT2D eigenvalue weighted by Crippen LogP contribution is -2.13. The Bertz CT molecular complexity index is 1290. The zero-order chi connectivity index (χ0) is 23.4. The van der Waals surface area contributed by atoms with Crippen molar-refractivity contribution in [2.24, 2.45) is 0 Å². The molecule has 1 N–H and O–H groups in total. The average molecular weight is 507 g/mol. The highest BCUT2D eigenvalue weighted by molar-refractivity contribution is 7.90. The Morgan fingerprint density at radius 2 is 2.00 bits per heavy atom. The number of aromatic nitrogens is 2. The van der Waals surface area contributed by atoms with Crippen LogP contribution in [0.25, 0.3) is 6.08 Å². The van der Waals surface area contributed by atoms with Crippen LogP contribution in [0.1, 0.15) is 12.5 Å². The highest BCUT2D eigenvalue weighted by Crippen LogP contribution is 2.38. The Kier molecular flexibility index (Phi) is 7.60. The van der Waals surface area contributed by atoms with Crippen LogP contribution in [0.3, 0.4) is 0 Å². The van der Waals surface area contributed by atoms with Crippen LogP contribution in [0.4, 0.5) is 5.13 Å². The summed E-state index contributed by atoms with van der Waals surface area (Å²) in [5, 5.41) is 10.9. The molecule has 0 atom stereocenters. The molecule has 1 heterocycles. The minimum absolute atomic E-state index is 0.00806. The van der Waals surface area contributed by atoms with E-state index in [4.69, 9.17) is 20.5 Å². The largest absolute Gasteiger partial charge is 0.490 e. The summed E-state index contributed by atoms with van der Waals surface area (Å²) in [4.78, 5) is 16.1. The van der Waals surface area contributed by atoms with Crippen molar-refractivity contribution in [3.63, 3.8) is 0 Å². The topological polar surface area (TPSA) is 165 Å². The van der Waals surface area contributed by atoms with Crippen molar-refractivity contribution >= 4 is 60.2 Å². The van der Waals surface area contributed by atoms with Gasteiger partial charge < -0.3 is 8.92 Å². The summed E-state index contributed by atoms with van der Waals surface area (Å²) in [5.74, 6) is -1.11. The van der Waals surface area contributed by atoms with Crippen LogP contribution in [0, 0.1) is 11.3 Å². The van der Waals surface area contributed by atoms with E-state index in [1.165, 1.54) is 18.2 Å². The number of nitrogens with zero attached hydrogens (tertiary/aromatic N) is 3. The molecule has 0 saturated heterocycles. The van der Waals surface area contributed by atoms with Crippen LogP contribution in [-0.4, -0.2) is 51.2 Å². The van der Waals surface area contributed by atoms with Gasteiger partial charge in [-0.3, -0.25) is 10.1 Å². The lowest BCUT2D eigenvalue weighted by molar-refractivity contribution is -0.112. The number of ether oxygens (including phenoxy) is 1. The molecule has 0 aliphatic carbocycles. The highest BCUT2D eigenvalue weighted by Gasteiger charge is 2.19. The van der Waals surface area contributed by atoms with Crippen LogP contribution in [-0.2, 0) is 24.7 Å². The van der Waals surface area contributed by atoms with Crippen molar-refractivity contribution in [2.75, 3.05) is 24.4 Å². The molecular formula is C16H15ClN4O7S3. The molecule has 2 aromatic rings. The number of carbonyl (C=O) groups is 1. The molecule has 15 heteroatoms. The molecule has 0 spiro atoms. The van der Waals surface area contributed by atoms with E-state index in [9.17, 15) is 26.9 Å². The molecule has 1 amide bonds. The number of rotatable bonds is 8. The van der Waals surface area contributed by atoms with Crippen LogP contribution < -0.4 is 14.2 Å². The van der Waals surface area contributed by atoms with Gasteiger partial charge in [-0.1, -0.05) is 11.6 Å². The fourth-order valence-electron chi connectivity index (χ4n) is 2.06. The molecule has 31 heavy (non-hydrogen) atoms. The third-order valence-electron chi connectivity index (χ3n) is 3.20. The SMILES string of the molecule is CCOc1cc(/C=C(/C#N)C(=O)Nc2nc(S(C)(=O)=O)ns2)cc(Cl)c1OS(C)(=O)=O. The first-order valence-electron chi connectivity index (χ1n) is 8.16. The van der Waals surface area contributed by atoms with Gasteiger partial charge in [-0.25, -0.2) is 8.42 Å². The zero-order valence-corrected chi connectivity index (χ0v) is 19.4. The van der Waals surface area contributed by atoms with Gasteiger partial charge in [-0.15, -0.1) is 0 Å². The zero-order valence-electron chi connectivity index (χ0n) is 16.2. The number of amides is 1. The lowest BCUT2D eigenvalue weighted by atomic mass is 10.1. The Labute approximate surface area is 187 Å². The minimum atomic E-state index is -3.89. The monoisotopic (exact) mass is 506 g/mol. The van der Waals surface area contributed by atoms with E-state index in [2.05, 4.69) is 14.7 Å². The van der Waals surface area contributed by atoms with Crippen LogP contribution >= 0.6 is 23.1 Å². The summed E-state index contributed by atoms with van der Waals surface area (Å²) in [5.41, 5.74) is -0.124. The van der Waals surface area contributed by atoms with Gasteiger partial charge in [-0.2, -0.15) is 23.0 Å². The number of carbonyl (C=O) groups excluding carboxylic acids is 1. The van der Waals surface area contributed by atoms with E-state index in [0.717, 1.165) is 12.5 Å². The fourth-order valence-corrected chi connectivity index (χ4v) is 4.27. The molecule has 0 fully saturated rings. The van der Waals surface area contributed by atoms with E-state index in [1.807, 2.05) is 0 Å². The van der Waals surface area contributed by atoms with Gasteiger partial charge in [0.1, 0.15) is 11.6 Å². The van der Waals surface area contributed by atoms with Crippen molar-refractivity contribution < 1.29 is 30.6 Å². The molecule has 0 aliphatic heterocycles. The van der Waals surface area contributed by atoms with Crippen LogP contribution in [0.15, 0.2) is 22.9 Å². The molecule has 1 aromatic heterocycles. The van der Waals surface area contributed by atoms with Crippen LogP contribution in [0.5, 0.6) is 11.5 Å². The molecule has 11 nitrogen and oxygen atoms in total. The van der Waals surface area contributed by atoms with Crippen molar-refractivity contribution in [2.45, 2.75) is 12.1 Å². The summed E-state index contributed by atoms with van der Waals surface area (Å²) in [6.07, 6.45) is 2.93. The fraction of sp³-hybridized carbons (Fsp3) is 0.250. The third kappa shape index (κ3) is 6.89. The maximum Gasteiger partial charge on any atom is 0.306 e. The highest BCUT2D eigenvalue weighted by atomic mass is 35.5. The van der Waals surface area contributed by atoms with Crippen molar-refractivity contribution in [1.82, 2.24) is 9.36 Å². The predicted molar refractivity (Wildman–Crippen MR) is 113 cm³/mol. The molecule has 0 aliphatic rings. The number of sulfone groups is 1. The number of hydrogen-bond donors (Lipinski definition) is 1. The van der Waals surface area contributed by atoms with Gasteiger partial charge in [0.25, 0.3) is 11.1 Å². The maximum atomic E-state index is 12.4. The Balaban J connectivity index is 2.37. The second-order valence-electron chi connectivity index (χ2n) is 5.83. The third-order valence-corrected chi connectivity index (χ3v) is 5.54. The Morgan fingerprint density at radius 1 is 1.32 bits per heavy atom. The van der Waals surface area contributed by atoms with Crippen molar-refractivity contribution in [3.05, 3.63) is 28.3 Å². The molecular weight excluding hydrogens is 492 g/mol. The standard InChI is InChI=1S/C16H15ClN4O7S3/c1-4-27-12-7-9(6-11(17)13(12)28-31(3,25)26)5-10(8-18)14(22)19-15-20-16(21-29-15)30(2,23)24/h5-7H,4H2,1-3H3,(H,19,20,21,22)/b10-5-. The number of nitrogens with one attached hydrogen (secondary N) is 1. The van der Waals surface area contributed by atoms with E-state index in [-0.39, 0.29) is 39.4 Å². The molecule has 2 rings (SSSR count). The molecule has 0 unspecified atom stereocenters. The summed E-state index contributed by atoms with van der Waals surface area (Å²) < 4.78 is 59.6. The van der Waals surface area contributed by atoms with E-state index in [0.29, 0.717) is 11.5 Å². The normalized spacial score (nSPS) is 12.2. The van der Waals surface area contributed by atoms with Gasteiger partial charge in [0, 0.05) is 17.8 Å². The van der Waals surface area contributed by atoms with E-state index < -0.39 is 31.0 Å². The number of anilines is 1. The van der Waals surface area contributed by atoms with Gasteiger partial charge in [-0.05, 0) is 30.7 Å². The molecule has 166 valence electrons. The molecule has 0 radical (unpaired) electrons. The smallest absolute Gasteiger partial charge is 0.306 e. The Morgan fingerprint density at radius 3 is 2.52 bits per heavy atom. The maximum absolute atomic E-state index is 12.4. The number of benzene rings is 1. The first-order valence-corrected chi connectivity index (χ1v) is 13.0. The summed E-state index contributed by atoms with van der Waals surface area (Å²) in [6, 6.07) is 4.33. The first-order chi connectivity index (χ1) is 14.3. The van der Waals surface area contributed by atoms with E-state index >= 15 is 0 Å². The number of halogens is 1. The van der Waals surface area contributed by atoms with Gasteiger partial charge >= 0.3 is 10.1 Å². The van der Waals surface area contributed by atoms with Crippen molar-refractivity contribution in [1.29, 1.82) is 5.26 Å². The summed E-state index contributed by atoms with van der Waals surface area (Å²) in [6.45, 7) is 1.82. The van der Waals surface area contributed by atoms with Crippen LogP contribution in [0.2, 0.25) is 5.02 Å². The van der Waals surface area contributed by atoms with E-state index in [1.54, 1.807) is 13.0 Å². The van der Waals surface area contributed by atoms with Gasteiger partial charge in [0.05, 0.1) is 17.9 Å². The molecule has 0 saturated carbocycles. The Hall–Kier alpha value is -2.73. The quantitative estimate of drug-likeness (QED) is 0.317. The van der Waals surface area contributed by atoms with Crippen molar-refractivity contribution in [3.8, 4) is 17.6 Å². The molecule has 1 aromatic carbocycles.